The molecule has 1 aromatic carbocycles. The predicted molar refractivity (Wildman–Crippen MR) is 77.5 cm³/mol. The van der Waals surface area contributed by atoms with Gasteiger partial charge >= 0.3 is 0 Å². The van der Waals surface area contributed by atoms with Gasteiger partial charge in [-0.3, -0.25) is 4.79 Å². The molecule has 0 aromatic heterocycles. The van der Waals surface area contributed by atoms with Crippen molar-refractivity contribution >= 4 is 5.91 Å². The average molecular weight is 274 g/mol. The number of hydrogen-bond acceptors (Lipinski definition) is 3. The molecule has 1 aromatic rings. The molecule has 2 fully saturated rings. The van der Waals surface area contributed by atoms with Crippen LogP contribution in [0, 0.1) is 11.8 Å². The maximum atomic E-state index is 12.4. The largest absolute Gasteiger partial charge is 0.497 e. The molecule has 0 radical (unpaired) electrons. The number of nitrogens with zero attached hydrogens (tertiary/aromatic N) is 1. The van der Waals surface area contributed by atoms with E-state index in [1.54, 1.807) is 7.11 Å². The minimum Gasteiger partial charge on any atom is -0.497 e. The van der Waals surface area contributed by atoms with Gasteiger partial charge in [-0.2, -0.15) is 0 Å². The van der Waals surface area contributed by atoms with Crippen molar-refractivity contribution in [3.8, 4) is 5.75 Å². The third-order valence-electron chi connectivity index (χ3n) is 4.78. The van der Waals surface area contributed by atoms with E-state index in [0.29, 0.717) is 24.3 Å². The number of likely N-dealkylation sites (tertiary alicyclic amines) is 1. The summed E-state index contributed by atoms with van der Waals surface area (Å²) >= 11 is 0. The van der Waals surface area contributed by atoms with Crippen LogP contribution in [0.4, 0.5) is 0 Å². The van der Waals surface area contributed by atoms with E-state index in [1.807, 2.05) is 29.2 Å². The van der Waals surface area contributed by atoms with Crippen LogP contribution in [0.1, 0.15) is 18.4 Å². The van der Waals surface area contributed by atoms with Crippen molar-refractivity contribution in [1.29, 1.82) is 0 Å². The zero-order valence-corrected chi connectivity index (χ0v) is 11.9. The van der Waals surface area contributed by atoms with Gasteiger partial charge in [0.05, 0.1) is 13.5 Å². The summed E-state index contributed by atoms with van der Waals surface area (Å²) < 4.78 is 5.13. The molecule has 1 saturated carbocycles. The Morgan fingerprint density at radius 3 is 2.70 bits per heavy atom. The van der Waals surface area contributed by atoms with Gasteiger partial charge in [-0.15, -0.1) is 0 Å². The molecule has 3 unspecified atom stereocenters. The highest BCUT2D eigenvalue weighted by molar-refractivity contribution is 5.79. The lowest BCUT2D eigenvalue weighted by atomic mass is 9.98. The third-order valence-corrected chi connectivity index (χ3v) is 4.78. The second-order valence-electron chi connectivity index (χ2n) is 5.99. The van der Waals surface area contributed by atoms with Crippen molar-refractivity contribution < 1.29 is 9.53 Å². The molecule has 4 nitrogen and oxygen atoms in total. The number of rotatable bonds is 3. The van der Waals surface area contributed by atoms with Crippen LogP contribution in [-0.4, -0.2) is 37.0 Å². The van der Waals surface area contributed by atoms with E-state index in [4.69, 9.17) is 10.5 Å². The molecule has 2 N–H and O–H groups in total. The number of carbonyl (C=O) groups excluding carboxylic acids is 1. The fraction of sp³-hybridized carbons (Fsp3) is 0.562. The van der Waals surface area contributed by atoms with E-state index in [-0.39, 0.29) is 5.91 Å². The molecule has 4 heteroatoms. The Kier molecular flexibility index (Phi) is 3.66. The van der Waals surface area contributed by atoms with Gasteiger partial charge < -0.3 is 15.4 Å². The zero-order valence-electron chi connectivity index (χ0n) is 11.9. The molecular weight excluding hydrogens is 252 g/mol. The molecular formula is C16H22N2O2. The Morgan fingerprint density at radius 2 is 2.05 bits per heavy atom. The summed E-state index contributed by atoms with van der Waals surface area (Å²) in [5, 5.41) is 0. The first kappa shape index (κ1) is 13.4. The van der Waals surface area contributed by atoms with Gasteiger partial charge in [-0.25, -0.2) is 0 Å². The first-order valence-corrected chi connectivity index (χ1v) is 7.33. The second kappa shape index (κ2) is 5.44. The number of carbonyl (C=O) groups is 1. The molecule has 108 valence electrons. The van der Waals surface area contributed by atoms with Gasteiger partial charge in [0.2, 0.25) is 5.91 Å². The molecule has 0 bridgehead atoms. The fourth-order valence-corrected chi connectivity index (χ4v) is 3.54. The summed E-state index contributed by atoms with van der Waals surface area (Å²) in [5.41, 5.74) is 7.15. The van der Waals surface area contributed by atoms with Gasteiger partial charge in [0.1, 0.15) is 5.75 Å². The summed E-state index contributed by atoms with van der Waals surface area (Å²) in [4.78, 5) is 14.4. The van der Waals surface area contributed by atoms with Crippen molar-refractivity contribution in [3.05, 3.63) is 29.8 Å². The molecule has 0 spiro atoms. The minimum atomic E-state index is 0.219. The molecule has 1 aliphatic carbocycles. The van der Waals surface area contributed by atoms with E-state index in [2.05, 4.69) is 0 Å². The van der Waals surface area contributed by atoms with Gasteiger partial charge in [0.15, 0.2) is 0 Å². The first-order chi connectivity index (χ1) is 9.67. The summed E-state index contributed by atoms with van der Waals surface area (Å²) in [7, 11) is 1.65. The standard InChI is InChI=1S/C16H22N2O2/c1-20-13-5-2-11(3-6-13)8-16(19)18-9-12-4-7-15(17)14(12)10-18/h2-3,5-6,12,14-15H,4,7-10,17H2,1H3. The SMILES string of the molecule is COc1ccc(CC(=O)N2CC3CCC(N)C3C2)cc1. The van der Waals surface area contributed by atoms with Crippen LogP contribution < -0.4 is 10.5 Å². The van der Waals surface area contributed by atoms with Crippen LogP contribution >= 0.6 is 0 Å². The lowest BCUT2D eigenvalue weighted by Gasteiger charge is -2.18. The molecule has 3 rings (SSSR count). The Morgan fingerprint density at radius 1 is 1.30 bits per heavy atom. The zero-order chi connectivity index (χ0) is 14.1. The third kappa shape index (κ3) is 2.52. The molecule has 20 heavy (non-hydrogen) atoms. The number of benzene rings is 1. The van der Waals surface area contributed by atoms with Crippen molar-refractivity contribution in [3.63, 3.8) is 0 Å². The first-order valence-electron chi connectivity index (χ1n) is 7.33. The van der Waals surface area contributed by atoms with Crippen molar-refractivity contribution in [2.75, 3.05) is 20.2 Å². The van der Waals surface area contributed by atoms with Crippen LogP contribution in [0.15, 0.2) is 24.3 Å². The van der Waals surface area contributed by atoms with Crippen molar-refractivity contribution in [2.45, 2.75) is 25.3 Å². The van der Waals surface area contributed by atoms with Crippen molar-refractivity contribution in [1.82, 2.24) is 4.90 Å². The smallest absolute Gasteiger partial charge is 0.227 e. The fourth-order valence-electron chi connectivity index (χ4n) is 3.54. The van der Waals surface area contributed by atoms with E-state index < -0.39 is 0 Å². The molecule has 1 saturated heterocycles. The van der Waals surface area contributed by atoms with Gasteiger partial charge in [-0.1, -0.05) is 12.1 Å². The normalized spacial score (nSPS) is 28.5. The van der Waals surface area contributed by atoms with Crippen LogP contribution in [0.2, 0.25) is 0 Å². The minimum absolute atomic E-state index is 0.219. The quantitative estimate of drug-likeness (QED) is 0.907. The summed E-state index contributed by atoms with van der Waals surface area (Å²) in [5.74, 6) is 2.19. The number of fused-ring (bicyclic) bond motifs is 1. The van der Waals surface area contributed by atoms with E-state index in [0.717, 1.165) is 30.8 Å². The lowest BCUT2D eigenvalue weighted by molar-refractivity contribution is -0.129. The predicted octanol–water partition coefficient (Wildman–Crippen LogP) is 1.43. The van der Waals surface area contributed by atoms with E-state index in [9.17, 15) is 4.79 Å². The summed E-state index contributed by atoms with van der Waals surface area (Å²) in [6, 6.07) is 8.01. The molecule has 2 aliphatic rings. The molecule has 1 heterocycles. The highest BCUT2D eigenvalue weighted by Crippen LogP contribution is 2.37. The van der Waals surface area contributed by atoms with Crippen LogP contribution in [0.3, 0.4) is 0 Å². The van der Waals surface area contributed by atoms with Gasteiger partial charge in [-0.05, 0) is 42.4 Å². The number of nitrogens with two attached hydrogens (primary N) is 1. The maximum Gasteiger partial charge on any atom is 0.227 e. The summed E-state index contributed by atoms with van der Waals surface area (Å²) in [6.07, 6.45) is 2.77. The van der Waals surface area contributed by atoms with Crippen LogP contribution in [0.25, 0.3) is 0 Å². The van der Waals surface area contributed by atoms with Crippen molar-refractivity contribution in [2.24, 2.45) is 17.6 Å². The lowest BCUT2D eigenvalue weighted by Crippen LogP contribution is -2.34. The summed E-state index contributed by atoms with van der Waals surface area (Å²) in [6.45, 7) is 1.74. The Labute approximate surface area is 119 Å². The Balaban J connectivity index is 1.59. The Bertz CT molecular complexity index is 486. The van der Waals surface area contributed by atoms with E-state index in [1.165, 1.54) is 6.42 Å². The number of methoxy groups -OCH3 is 1. The highest BCUT2D eigenvalue weighted by atomic mass is 16.5. The number of ether oxygens (including phenoxy) is 1. The van der Waals surface area contributed by atoms with E-state index >= 15 is 0 Å². The molecule has 1 amide bonds. The monoisotopic (exact) mass is 274 g/mol. The van der Waals surface area contributed by atoms with Crippen LogP contribution in [0.5, 0.6) is 5.75 Å². The maximum absolute atomic E-state index is 12.4. The number of hydrogen-bond donors (Lipinski definition) is 1. The topological polar surface area (TPSA) is 55.6 Å². The molecule has 1 aliphatic heterocycles. The average Bonchev–Trinajstić information content (AvgIpc) is 3.02. The highest BCUT2D eigenvalue weighted by Gasteiger charge is 2.42. The van der Waals surface area contributed by atoms with Gasteiger partial charge in [0, 0.05) is 19.1 Å². The van der Waals surface area contributed by atoms with Gasteiger partial charge in [0.25, 0.3) is 0 Å². The second-order valence-corrected chi connectivity index (χ2v) is 5.99. The van der Waals surface area contributed by atoms with Crippen LogP contribution in [-0.2, 0) is 11.2 Å². The Hall–Kier alpha value is -1.55. The molecule has 3 atom stereocenters. The number of amides is 1.